The minimum Gasteiger partial charge on any atom is -0.325 e. The summed E-state index contributed by atoms with van der Waals surface area (Å²) >= 11 is 6.05. The van der Waals surface area contributed by atoms with Crippen LogP contribution in [-0.2, 0) is 25.0 Å². The Morgan fingerprint density at radius 1 is 0.944 bits per heavy atom. The molecule has 2 N–H and O–H groups in total. The van der Waals surface area contributed by atoms with Crippen molar-refractivity contribution in [2.45, 2.75) is 11.8 Å². The summed E-state index contributed by atoms with van der Waals surface area (Å²) in [5.74, 6) is -1.57. The molecule has 3 aromatic carbocycles. The lowest BCUT2D eigenvalue weighted by Gasteiger charge is -2.27. The van der Waals surface area contributed by atoms with Crippen LogP contribution in [0, 0.1) is 12.7 Å². The van der Waals surface area contributed by atoms with Gasteiger partial charge >= 0.3 is 10.2 Å². The summed E-state index contributed by atoms with van der Waals surface area (Å²) in [5.41, 5.74) is 0.827. The van der Waals surface area contributed by atoms with Crippen LogP contribution in [0.1, 0.15) is 5.56 Å². The average molecular weight is 555 g/mol. The van der Waals surface area contributed by atoms with Gasteiger partial charge in [-0.3, -0.25) is 9.52 Å². The summed E-state index contributed by atoms with van der Waals surface area (Å²) in [6, 6.07) is 15.3. The van der Waals surface area contributed by atoms with Gasteiger partial charge in [-0.15, -0.1) is 0 Å². The van der Waals surface area contributed by atoms with E-state index >= 15 is 0 Å². The van der Waals surface area contributed by atoms with Gasteiger partial charge in [0.25, 0.3) is 10.0 Å². The van der Waals surface area contributed by atoms with E-state index in [-0.39, 0.29) is 16.3 Å². The largest absolute Gasteiger partial charge is 0.325 e. The SMILES string of the molecule is Cc1c(Cl)cccc1NS(=O)(=O)c1ccc(NC(=O)CN(c2ccccc2F)S(=O)(=O)N(C)C)cc1. The van der Waals surface area contributed by atoms with Crippen LogP contribution in [0.2, 0.25) is 5.02 Å². The second-order valence-electron chi connectivity index (χ2n) is 7.84. The summed E-state index contributed by atoms with van der Waals surface area (Å²) in [4.78, 5) is 12.6. The van der Waals surface area contributed by atoms with Crippen molar-refractivity contribution in [3.63, 3.8) is 0 Å². The minimum absolute atomic E-state index is 0.0666. The molecule has 0 radical (unpaired) electrons. The zero-order valence-corrected chi connectivity index (χ0v) is 22.0. The minimum atomic E-state index is -4.20. The first-order valence-corrected chi connectivity index (χ1v) is 13.7. The van der Waals surface area contributed by atoms with Gasteiger partial charge in [-0.1, -0.05) is 29.8 Å². The second kappa shape index (κ2) is 10.8. The number of carbonyl (C=O) groups is 1. The van der Waals surface area contributed by atoms with Crippen molar-refractivity contribution in [3.8, 4) is 0 Å². The van der Waals surface area contributed by atoms with Gasteiger partial charge in [-0.2, -0.15) is 12.7 Å². The van der Waals surface area contributed by atoms with Crippen molar-refractivity contribution >= 4 is 54.8 Å². The van der Waals surface area contributed by atoms with E-state index in [1.165, 1.54) is 56.6 Å². The third kappa shape index (κ3) is 6.13. The van der Waals surface area contributed by atoms with Crippen molar-refractivity contribution in [1.29, 1.82) is 0 Å². The molecule has 0 aliphatic carbocycles. The molecular weight excluding hydrogens is 531 g/mol. The molecule has 192 valence electrons. The number of sulfonamides is 1. The van der Waals surface area contributed by atoms with Gasteiger partial charge in [0.2, 0.25) is 5.91 Å². The number of benzene rings is 3. The van der Waals surface area contributed by atoms with Gasteiger partial charge < -0.3 is 5.32 Å². The molecule has 0 aliphatic heterocycles. The standard InChI is InChI=1S/C23H24ClFN4O5S2/c1-16-19(24)7-6-9-21(16)27-35(31,32)18-13-11-17(12-14-18)26-23(30)15-29(36(33,34)28(2)3)22-10-5-4-8-20(22)25/h4-14,27H,15H2,1-3H3,(H,26,30). The number of hydrogen-bond donors (Lipinski definition) is 2. The van der Waals surface area contributed by atoms with E-state index in [1.807, 2.05) is 0 Å². The van der Waals surface area contributed by atoms with Crippen LogP contribution in [0.3, 0.4) is 0 Å². The number of halogens is 2. The van der Waals surface area contributed by atoms with Crippen LogP contribution in [0.15, 0.2) is 71.6 Å². The lowest BCUT2D eigenvalue weighted by molar-refractivity contribution is -0.114. The van der Waals surface area contributed by atoms with E-state index in [2.05, 4.69) is 10.0 Å². The first-order valence-electron chi connectivity index (χ1n) is 10.5. The third-order valence-electron chi connectivity index (χ3n) is 5.11. The molecule has 3 aromatic rings. The molecule has 0 heterocycles. The number of nitrogens with one attached hydrogen (secondary N) is 2. The van der Waals surface area contributed by atoms with Gasteiger partial charge in [0.05, 0.1) is 16.3 Å². The molecule has 0 bridgehead atoms. The van der Waals surface area contributed by atoms with Crippen molar-refractivity contribution < 1.29 is 26.0 Å². The molecule has 0 saturated carbocycles. The Hall–Kier alpha value is -3.19. The maximum atomic E-state index is 14.3. The fourth-order valence-electron chi connectivity index (χ4n) is 3.11. The number of nitrogens with zero attached hydrogens (tertiary/aromatic N) is 2. The van der Waals surface area contributed by atoms with Gasteiger partial charge in [-0.05, 0) is 61.0 Å². The summed E-state index contributed by atoms with van der Waals surface area (Å²) in [6.45, 7) is 0.969. The maximum absolute atomic E-state index is 14.3. The normalized spacial score (nSPS) is 11.8. The van der Waals surface area contributed by atoms with Crippen LogP contribution < -0.4 is 14.3 Å². The molecular formula is C23H24ClFN4O5S2. The highest BCUT2D eigenvalue weighted by molar-refractivity contribution is 7.92. The van der Waals surface area contributed by atoms with Crippen LogP contribution in [0.5, 0.6) is 0 Å². The highest BCUT2D eigenvalue weighted by Gasteiger charge is 2.29. The summed E-state index contributed by atoms with van der Waals surface area (Å²) < 4.78 is 69.3. The molecule has 9 nitrogen and oxygen atoms in total. The fourth-order valence-corrected chi connectivity index (χ4v) is 5.48. The molecule has 0 spiro atoms. The quantitative estimate of drug-likeness (QED) is 0.417. The predicted octanol–water partition coefficient (Wildman–Crippen LogP) is 3.84. The van der Waals surface area contributed by atoms with E-state index in [0.29, 0.717) is 20.6 Å². The molecule has 0 aliphatic rings. The number of amides is 1. The Balaban J connectivity index is 1.77. The Morgan fingerprint density at radius 2 is 1.58 bits per heavy atom. The zero-order valence-electron chi connectivity index (χ0n) is 19.6. The van der Waals surface area contributed by atoms with Gasteiger partial charge in [0.1, 0.15) is 12.4 Å². The van der Waals surface area contributed by atoms with E-state index in [1.54, 1.807) is 25.1 Å². The number of hydrogen-bond acceptors (Lipinski definition) is 5. The predicted molar refractivity (Wildman–Crippen MR) is 138 cm³/mol. The second-order valence-corrected chi connectivity index (χ2v) is 12.0. The topological polar surface area (TPSA) is 116 Å². The summed E-state index contributed by atoms with van der Waals surface area (Å²) in [7, 11) is -5.61. The molecule has 36 heavy (non-hydrogen) atoms. The van der Waals surface area contributed by atoms with Crippen LogP contribution >= 0.6 is 11.6 Å². The summed E-state index contributed by atoms with van der Waals surface area (Å²) in [6.07, 6.45) is 0. The van der Waals surface area contributed by atoms with Crippen molar-refractivity contribution in [3.05, 3.63) is 83.1 Å². The van der Waals surface area contributed by atoms with E-state index < -0.39 is 38.5 Å². The molecule has 0 atom stereocenters. The number of para-hydroxylation sites is 1. The highest BCUT2D eigenvalue weighted by Crippen LogP contribution is 2.26. The van der Waals surface area contributed by atoms with Gasteiger partial charge in [0, 0.05) is 24.8 Å². The Labute approximate surface area is 214 Å². The third-order valence-corrected chi connectivity index (χ3v) is 8.71. The lowest BCUT2D eigenvalue weighted by Crippen LogP contribution is -2.44. The molecule has 1 amide bonds. The molecule has 0 saturated heterocycles. The highest BCUT2D eigenvalue weighted by atomic mass is 35.5. The first-order chi connectivity index (χ1) is 16.8. The monoisotopic (exact) mass is 554 g/mol. The van der Waals surface area contributed by atoms with Crippen LogP contribution in [0.25, 0.3) is 0 Å². The molecule has 0 fully saturated rings. The van der Waals surface area contributed by atoms with E-state index in [0.717, 1.165) is 10.4 Å². The van der Waals surface area contributed by atoms with Crippen LogP contribution in [0.4, 0.5) is 21.5 Å². The average Bonchev–Trinajstić information content (AvgIpc) is 2.81. The van der Waals surface area contributed by atoms with Crippen LogP contribution in [-0.4, -0.2) is 47.7 Å². The Morgan fingerprint density at radius 3 is 2.19 bits per heavy atom. The molecule has 0 aromatic heterocycles. The van der Waals surface area contributed by atoms with Crippen molar-refractivity contribution in [2.24, 2.45) is 0 Å². The number of anilines is 3. The van der Waals surface area contributed by atoms with E-state index in [4.69, 9.17) is 11.6 Å². The number of carbonyl (C=O) groups excluding carboxylic acids is 1. The molecule has 0 unspecified atom stereocenters. The summed E-state index contributed by atoms with van der Waals surface area (Å²) in [5, 5.41) is 2.91. The van der Waals surface area contributed by atoms with Crippen molar-refractivity contribution in [2.75, 3.05) is 35.0 Å². The first kappa shape index (κ1) is 27.4. The Bertz CT molecular complexity index is 1480. The van der Waals surface area contributed by atoms with Crippen molar-refractivity contribution in [1.82, 2.24) is 4.31 Å². The molecule has 3 rings (SSSR count). The smallest absolute Gasteiger partial charge is 0.304 e. The van der Waals surface area contributed by atoms with E-state index in [9.17, 15) is 26.0 Å². The zero-order chi connectivity index (χ0) is 26.7. The maximum Gasteiger partial charge on any atom is 0.304 e. The Kier molecular flexibility index (Phi) is 8.24. The van der Waals surface area contributed by atoms with Gasteiger partial charge in [0.15, 0.2) is 0 Å². The lowest BCUT2D eigenvalue weighted by atomic mass is 10.2. The molecule has 13 heteroatoms. The fraction of sp³-hybridized carbons (Fsp3) is 0.174. The number of rotatable bonds is 9. The van der Waals surface area contributed by atoms with Gasteiger partial charge in [-0.25, -0.2) is 17.1 Å².